The third kappa shape index (κ3) is 2.53. The van der Waals surface area contributed by atoms with Crippen LogP contribution in [0.25, 0.3) is 101 Å². The highest BCUT2D eigenvalue weighted by molar-refractivity contribution is 7.30. The summed E-state index contributed by atoms with van der Waals surface area (Å²) in [6.45, 7) is 0. The fourth-order valence-electron chi connectivity index (χ4n) is 6.90. The van der Waals surface area contributed by atoms with Gasteiger partial charge in [-0.25, -0.2) is 0 Å². The van der Waals surface area contributed by atoms with E-state index < -0.39 is 0 Å². The van der Waals surface area contributed by atoms with Crippen molar-refractivity contribution in [2.45, 2.75) is 0 Å². The second kappa shape index (κ2) is 7.39. The highest BCUT2D eigenvalue weighted by Crippen LogP contribution is 2.53. The number of benzene rings is 5. The van der Waals surface area contributed by atoms with Crippen LogP contribution in [0, 0.1) is 0 Å². The average molecular weight is 615 g/mol. The molecule has 0 N–H and O–H groups in total. The summed E-state index contributed by atoms with van der Waals surface area (Å²) in [5, 5.41) is 18.8. The summed E-state index contributed by atoms with van der Waals surface area (Å²) in [5.41, 5.74) is 0. The highest BCUT2D eigenvalue weighted by atomic mass is 32.1. The normalized spacial score (nSPS) is 13.0. The summed E-state index contributed by atoms with van der Waals surface area (Å²) in [5.74, 6) is 0. The summed E-state index contributed by atoms with van der Waals surface area (Å²) in [6.07, 6.45) is 0. The van der Waals surface area contributed by atoms with E-state index in [1.54, 1.807) is 0 Å². The van der Waals surface area contributed by atoms with Gasteiger partial charge in [-0.05, 0) is 83.6 Å². The monoisotopic (exact) mass is 614 g/mol. The predicted molar refractivity (Wildman–Crippen MR) is 189 cm³/mol. The molecule has 0 amide bonds. The first-order chi connectivity index (χ1) is 19.8. The van der Waals surface area contributed by atoms with Gasteiger partial charge < -0.3 is 0 Å². The maximum Gasteiger partial charge on any atom is 0.0362 e. The molecule has 0 aliphatic heterocycles. The minimum Gasteiger partial charge on any atom is -0.144 e. The Hall–Kier alpha value is -3.10. The van der Waals surface area contributed by atoms with Crippen molar-refractivity contribution >= 4 is 169 Å². The van der Waals surface area contributed by atoms with Crippen LogP contribution in [0.5, 0.6) is 0 Å². The first-order valence-corrected chi connectivity index (χ1v) is 18.1. The lowest BCUT2D eigenvalue weighted by Crippen LogP contribution is -1.76. The van der Waals surface area contributed by atoms with Crippen molar-refractivity contribution in [1.82, 2.24) is 0 Å². The van der Waals surface area contributed by atoms with Gasteiger partial charge in [0.15, 0.2) is 0 Å². The van der Waals surface area contributed by atoms with Gasteiger partial charge in [0, 0.05) is 101 Å². The second-order valence-electron chi connectivity index (χ2n) is 10.4. The van der Waals surface area contributed by atoms with Crippen molar-refractivity contribution in [3.63, 3.8) is 0 Å². The third-order valence-electron chi connectivity index (χ3n) is 8.46. The zero-order valence-corrected chi connectivity index (χ0v) is 25.4. The molecule has 0 nitrogen and oxygen atoms in total. The van der Waals surface area contributed by atoms with Gasteiger partial charge >= 0.3 is 0 Å². The molecule has 0 bridgehead atoms. The van der Waals surface area contributed by atoms with E-state index in [0.717, 1.165) is 0 Å². The Balaban J connectivity index is 1.47. The topological polar surface area (TPSA) is 0 Å². The van der Waals surface area contributed by atoms with E-state index in [4.69, 9.17) is 0 Å². The summed E-state index contributed by atoms with van der Waals surface area (Å²) in [4.78, 5) is 0. The highest BCUT2D eigenvalue weighted by Gasteiger charge is 2.22. The smallest absolute Gasteiger partial charge is 0.0362 e. The van der Waals surface area contributed by atoms with Crippen molar-refractivity contribution < 1.29 is 0 Å². The minimum absolute atomic E-state index is 1.38. The second-order valence-corrected chi connectivity index (χ2v) is 16.6. The molecule has 186 valence electrons. The molecule has 11 aromatic rings. The molecule has 0 saturated heterocycles. The quantitative estimate of drug-likeness (QED) is 0.159. The molecule has 5 aromatic carbocycles. The standard InChI is InChI=1S/C34H14S6/c1-3-19-27(15-11-13-35-17(1)15)29-21(37-19)5-7-23-31(29)33-25(39-23)9-10-26-34(33)32-24(40-26)8-6-22-30(32)28-16-12-14-36-18(16)2-4-20(28)38-22/h1-14H. The lowest BCUT2D eigenvalue weighted by molar-refractivity contribution is 2.03. The Kier molecular flexibility index (Phi) is 4.00. The number of hydrogen-bond acceptors (Lipinski definition) is 6. The lowest BCUT2D eigenvalue weighted by atomic mass is 9.98. The van der Waals surface area contributed by atoms with Gasteiger partial charge in [-0.3, -0.25) is 0 Å². The summed E-state index contributed by atoms with van der Waals surface area (Å²) >= 11 is 11.5. The molecule has 6 heterocycles. The fraction of sp³-hybridized carbons (Fsp3) is 0. The van der Waals surface area contributed by atoms with Gasteiger partial charge in [-0.15, -0.1) is 68.0 Å². The van der Waals surface area contributed by atoms with Crippen molar-refractivity contribution in [1.29, 1.82) is 0 Å². The first-order valence-electron chi connectivity index (χ1n) is 13.1. The Bertz CT molecular complexity index is 2680. The predicted octanol–water partition coefficient (Wildman–Crippen LogP) is 13.6. The van der Waals surface area contributed by atoms with Crippen molar-refractivity contribution in [3.8, 4) is 0 Å². The van der Waals surface area contributed by atoms with Crippen molar-refractivity contribution in [2.24, 2.45) is 0 Å². The third-order valence-corrected chi connectivity index (χ3v) is 14.7. The van der Waals surface area contributed by atoms with Crippen LogP contribution in [-0.4, -0.2) is 0 Å². The van der Waals surface area contributed by atoms with Crippen LogP contribution in [-0.2, 0) is 0 Å². The zero-order valence-electron chi connectivity index (χ0n) is 20.5. The summed E-state index contributed by atoms with van der Waals surface area (Å²) in [6, 6.07) is 28.1. The fourth-order valence-corrected chi connectivity index (χ4v) is 13.0. The largest absolute Gasteiger partial charge is 0.144 e. The van der Waals surface area contributed by atoms with Gasteiger partial charge in [0.25, 0.3) is 0 Å². The van der Waals surface area contributed by atoms with E-state index >= 15 is 0 Å². The maximum atomic E-state index is 2.37. The van der Waals surface area contributed by atoms with E-state index in [9.17, 15) is 0 Å². The number of fused-ring (bicyclic) bond motifs is 19. The van der Waals surface area contributed by atoms with Crippen LogP contribution in [0.1, 0.15) is 0 Å². The average Bonchev–Trinajstić information content (AvgIpc) is 3.80. The van der Waals surface area contributed by atoms with Crippen LogP contribution >= 0.6 is 68.0 Å². The first kappa shape index (κ1) is 21.6. The Morgan fingerprint density at radius 1 is 0.250 bits per heavy atom. The van der Waals surface area contributed by atoms with E-state index in [1.807, 2.05) is 68.0 Å². The molecule has 0 spiro atoms. The van der Waals surface area contributed by atoms with Gasteiger partial charge in [0.05, 0.1) is 0 Å². The Morgan fingerprint density at radius 3 is 0.825 bits per heavy atom. The van der Waals surface area contributed by atoms with Gasteiger partial charge in [-0.1, -0.05) is 0 Å². The van der Waals surface area contributed by atoms with Crippen LogP contribution in [0.15, 0.2) is 83.6 Å². The van der Waals surface area contributed by atoms with E-state index in [2.05, 4.69) is 83.6 Å². The van der Waals surface area contributed by atoms with E-state index in [0.29, 0.717) is 0 Å². The zero-order chi connectivity index (χ0) is 25.7. The number of rotatable bonds is 0. The molecule has 0 fully saturated rings. The molecular weight excluding hydrogens is 601 g/mol. The number of thiophene rings is 6. The molecule has 0 radical (unpaired) electrons. The SMILES string of the molecule is c1cc2c(ccc3sc4ccc5sc6ccc7sc8ccc9sc%10ccc%11sccc%11c%10c9c8c7c6c5c4c32)s1. The van der Waals surface area contributed by atoms with Gasteiger partial charge in [0.1, 0.15) is 0 Å². The van der Waals surface area contributed by atoms with E-state index in [1.165, 1.54) is 101 Å². The van der Waals surface area contributed by atoms with Crippen LogP contribution < -0.4 is 0 Å². The molecule has 0 saturated carbocycles. The van der Waals surface area contributed by atoms with Crippen LogP contribution in [0.4, 0.5) is 0 Å². The minimum atomic E-state index is 1.38. The van der Waals surface area contributed by atoms with Crippen molar-refractivity contribution in [2.75, 3.05) is 0 Å². The molecule has 6 aromatic heterocycles. The Morgan fingerprint density at radius 2 is 0.500 bits per heavy atom. The van der Waals surface area contributed by atoms with Crippen LogP contribution in [0.2, 0.25) is 0 Å². The molecule has 0 aliphatic rings. The lowest BCUT2D eigenvalue weighted by Gasteiger charge is -2.03. The van der Waals surface area contributed by atoms with Crippen molar-refractivity contribution in [3.05, 3.63) is 83.6 Å². The molecule has 11 rings (SSSR count). The molecule has 0 unspecified atom stereocenters. The molecular formula is C34H14S6. The molecule has 40 heavy (non-hydrogen) atoms. The van der Waals surface area contributed by atoms with E-state index in [-0.39, 0.29) is 0 Å². The maximum absolute atomic E-state index is 2.37. The molecule has 0 atom stereocenters. The molecule has 0 aliphatic carbocycles. The summed E-state index contributed by atoms with van der Waals surface area (Å²) < 4.78 is 13.9. The Labute approximate surface area is 250 Å². The van der Waals surface area contributed by atoms with Crippen LogP contribution in [0.3, 0.4) is 0 Å². The summed E-state index contributed by atoms with van der Waals surface area (Å²) in [7, 11) is 0. The molecule has 6 heteroatoms. The number of hydrogen-bond donors (Lipinski definition) is 0. The van der Waals surface area contributed by atoms with Gasteiger partial charge in [0.2, 0.25) is 0 Å². The van der Waals surface area contributed by atoms with Gasteiger partial charge in [-0.2, -0.15) is 0 Å².